The third kappa shape index (κ3) is 6.13. The lowest BCUT2D eigenvalue weighted by atomic mass is 10.1. The first-order chi connectivity index (χ1) is 7.33. The van der Waals surface area contributed by atoms with Crippen LogP contribution in [0.1, 0.15) is 44.9 Å². The van der Waals surface area contributed by atoms with Crippen LogP contribution in [0.5, 0.6) is 0 Å². The van der Waals surface area contributed by atoms with E-state index in [1.807, 2.05) is 0 Å². The summed E-state index contributed by atoms with van der Waals surface area (Å²) in [6.07, 6.45) is 9.20. The van der Waals surface area contributed by atoms with E-state index in [0.29, 0.717) is 6.04 Å². The Morgan fingerprint density at radius 2 is 1.93 bits per heavy atom. The normalized spacial score (nSPS) is 21.2. The van der Waals surface area contributed by atoms with Gasteiger partial charge in [-0.25, -0.2) is 0 Å². The van der Waals surface area contributed by atoms with Crippen molar-refractivity contribution < 1.29 is 4.74 Å². The van der Waals surface area contributed by atoms with Crippen LogP contribution >= 0.6 is 0 Å². The minimum absolute atomic E-state index is 0.244. The monoisotopic (exact) mass is 214 g/mol. The zero-order valence-electron chi connectivity index (χ0n) is 10.0. The quantitative estimate of drug-likeness (QED) is 0.661. The predicted molar refractivity (Wildman–Crippen MR) is 64.0 cm³/mol. The van der Waals surface area contributed by atoms with Crippen LogP contribution in [0.2, 0.25) is 0 Å². The number of methoxy groups -OCH3 is 1. The van der Waals surface area contributed by atoms with Crippen LogP contribution in [-0.2, 0) is 4.74 Å². The molecule has 1 fully saturated rings. The van der Waals surface area contributed by atoms with Crippen LogP contribution in [0.15, 0.2) is 0 Å². The molecule has 0 heterocycles. The minimum atomic E-state index is 0.244. The zero-order valence-corrected chi connectivity index (χ0v) is 10.0. The molecular formula is C12H26N2O. The Labute approximate surface area is 93.8 Å². The van der Waals surface area contributed by atoms with Crippen LogP contribution in [0.4, 0.5) is 0 Å². The standard InChI is InChI=1S/C12H26N2O/c1-15-9-8-11(13)10-14-12-6-4-2-3-5-7-12/h11-12,14H,2-10,13H2,1H3. The number of rotatable bonds is 6. The van der Waals surface area contributed by atoms with Gasteiger partial charge in [0.15, 0.2) is 0 Å². The summed E-state index contributed by atoms with van der Waals surface area (Å²) < 4.78 is 5.02. The first-order valence-corrected chi connectivity index (χ1v) is 6.31. The second-order valence-corrected chi connectivity index (χ2v) is 4.64. The van der Waals surface area contributed by atoms with Gasteiger partial charge in [0, 0.05) is 32.3 Å². The predicted octanol–water partition coefficient (Wildman–Crippen LogP) is 1.66. The van der Waals surface area contributed by atoms with E-state index in [1.54, 1.807) is 7.11 Å². The van der Waals surface area contributed by atoms with E-state index >= 15 is 0 Å². The van der Waals surface area contributed by atoms with Gasteiger partial charge in [0.05, 0.1) is 0 Å². The van der Waals surface area contributed by atoms with Crippen molar-refractivity contribution in [1.82, 2.24) is 5.32 Å². The van der Waals surface area contributed by atoms with Crippen molar-refractivity contribution in [1.29, 1.82) is 0 Å². The third-order valence-electron chi connectivity index (χ3n) is 3.22. The summed E-state index contributed by atoms with van der Waals surface area (Å²) in [7, 11) is 1.73. The van der Waals surface area contributed by atoms with E-state index in [0.717, 1.165) is 19.6 Å². The molecule has 1 saturated carbocycles. The smallest absolute Gasteiger partial charge is 0.0477 e. The molecule has 1 atom stereocenters. The molecule has 1 unspecified atom stereocenters. The molecule has 3 heteroatoms. The average molecular weight is 214 g/mol. The van der Waals surface area contributed by atoms with Gasteiger partial charge < -0.3 is 15.8 Å². The topological polar surface area (TPSA) is 47.3 Å². The first-order valence-electron chi connectivity index (χ1n) is 6.31. The highest BCUT2D eigenvalue weighted by Crippen LogP contribution is 2.16. The number of nitrogens with two attached hydrogens (primary N) is 1. The van der Waals surface area contributed by atoms with Crippen LogP contribution in [0.3, 0.4) is 0 Å². The summed E-state index contributed by atoms with van der Waals surface area (Å²) in [6.45, 7) is 1.71. The Bertz CT molecular complexity index is 145. The van der Waals surface area contributed by atoms with Gasteiger partial charge in [-0.2, -0.15) is 0 Å². The van der Waals surface area contributed by atoms with Gasteiger partial charge in [0.25, 0.3) is 0 Å². The second kappa shape index (κ2) is 8.08. The Hall–Kier alpha value is -0.120. The molecule has 1 rings (SSSR count). The van der Waals surface area contributed by atoms with Gasteiger partial charge in [0.1, 0.15) is 0 Å². The Balaban J connectivity index is 2.06. The van der Waals surface area contributed by atoms with E-state index < -0.39 is 0 Å². The Morgan fingerprint density at radius 3 is 2.53 bits per heavy atom. The van der Waals surface area contributed by atoms with E-state index in [4.69, 9.17) is 10.5 Å². The van der Waals surface area contributed by atoms with Crippen molar-refractivity contribution >= 4 is 0 Å². The van der Waals surface area contributed by atoms with Gasteiger partial charge in [-0.15, -0.1) is 0 Å². The summed E-state index contributed by atoms with van der Waals surface area (Å²) in [5.41, 5.74) is 5.97. The minimum Gasteiger partial charge on any atom is -0.385 e. The van der Waals surface area contributed by atoms with Crippen LogP contribution in [-0.4, -0.2) is 32.3 Å². The van der Waals surface area contributed by atoms with Crippen LogP contribution in [0.25, 0.3) is 0 Å². The third-order valence-corrected chi connectivity index (χ3v) is 3.22. The summed E-state index contributed by atoms with van der Waals surface area (Å²) in [5, 5.41) is 3.59. The summed E-state index contributed by atoms with van der Waals surface area (Å²) in [4.78, 5) is 0. The van der Waals surface area contributed by atoms with E-state index in [-0.39, 0.29) is 6.04 Å². The van der Waals surface area contributed by atoms with Gasteiger partial charge >= 0.3 is 0 Å². The lowest BCUT2D eigenvalue weighted by Gasteiger charge is -2.19. The van der Waals surface area contributed by atoms with E-state index in [9.17, 15) is 0 Å². The van der Waals surface area contributed by atoms with E-state index in [2.05, 4.69) is 5.32 Å². The van der Waals surface area contributed by atoms with Crippen LogP contribution in [0, 0.1) is 0 Å². The molecule has 0 amide bonds. The number of hydrogen-bond donors (Lipinski definition) is 2. The molecule has 0 spiro atoms. The SMILES string of the molecule is COCCC(N)CNC1CCCCCC1. The van der Waals surface area contributed by atoms with E-state index in [1.165, 1.54) is 38.5 Å². The van der Waals surface area contributed by atoms with Crippen molar-refractivity contribution in [3.63, 3.8) is 0 Å². The van der Waals surface area contributed by atoms with Crippen molar-refractivity contribution in [3.05, 3.63) is 0 Å². The molecule has 90 valence electrons. The maximum absolute atomic E-state index is 5.97. The lowest BCUT2D eigenvalue weighted by Crippen LogP contribution is -2.40. The molecule has 3 nitrogen and oxygen atoms in total. The highest BCUT2D eigenvalue weighted by Gasteiger charge is 2.12. The fourth-order valence-corrected chi connectivity index (χ4v) is 2.17. The zero-order chi connectivity index (χ0) is 10.9. The lowest BCUT2D eigenvalue weighted by molar-refractivity contribution is 0.186. The largest absolute Gasteiger partial charge is 0.385 e. The number of hydrogen-bond acceptors (Lipinski definition) is 3. The van der Waals surface area contributed by atoms with Gasteiger partial charge in [-0.05, 0) is 19.3 Å². The van der Waals surface area contributed by atoms with Gasteiger partial charge in [-0.3, -0.25) is 0 Å². The molecule has 15 heavy (non-hydrogen) atoms. The van der Waals surface area contributed by atoms with Crippen LogP contribution < -0.4 is 11.1 Å². The van der Waals surface area contributed by atoms with Crippen molar-refractivity contribution in [2.24, 2.45) is 5.73 Å². The average Bonchev–Trinajstić information content (AvgIpc) is 2.51. The molecule has 0 aliphatic heterocycles. The highest BCUT2D eigenvalue weighted by atomic mass is 16.5. The molecular weight excluding hydrogens is 188 g/mol. The van der Waals surface area contributed by atoms with Crippen molar-refractivity contribution in [2.45, 2.75) is 57.0 Å². The maximum Gasteiger partial charge on any atom is 0.0477 e. The first kappa shape index (κ1) is 12.9. The molecule has 0 bridgehead atoms. The van der Waals surface area contributed by atoms with Crippen molar-refractivity contribution in [3.8, 4) is 0 Å². The molecule has 0 aromatic carbocycles. The molecule has 0 aromatic heterocycles. The molecule has 0 aromatic rings. The van der Waals surface area contributed by atoms with Gasteiger partial charge in [-0.1, -0.05) is 25.7 Å². The Kier molecular flexibility index (Phi) is 6.98. The molecule has 1 aliphatic rings. The highest BCUT2D eigenvalue weighted by molar-refractivity contribution is 4.73. The maximum atomic E-state index is 5.97. The van der Waals surface area contributed by atoms with Crippen molar-refractivity contribution in [2.75, 3.05) is 20.3 Å². The molecule has 1 aliphatic carbocycles. The van der Waals surface area contributed by atoms with Gasteiger partial charge in [0.2, 0.25) is 0 Å². The second-order valence-electron chi connectivity index (χ2n) is 4.64. The molecule has 3 N–H and O–H groups in total. The summed E-state index contributed by atoms with van der Waals surface area (Å²) in [6, 6.07) is 0.953. The molecule has 0 radical (unpaired) electrons. The number of ether oxygens (including phenoxy) is 1. The Morgan fingerprint density at radius 1 is 1.27 bits per heavy atom. The fraction of sp³-hybridized carbons (Fsp3) is 1.00. The fourth-order valence-electron chi connectivity index (χ4n) is 2.17. The summed E-state index contributed by atoms with van der Waals surface area (Å²) >= 11 is 0. The summed E-state index contributed by atoms with van der Waals surface area (Å²) in [5.74, 6) is 0. The number of nitrogens with one attached hydrogen (secondary N) is 1. The molecule has 0 saturated heterocycles.